The third kappa shape index (κ3) is 3.59. The van der Waals surface area contributed by atoms with Crippen molar-refractivity contribution in [2.45, 2.75) is 37.3 Å². The van der Waals surface area contributed by atoms with Crippen molar-refractivity contribution in [1.82, 2.24) is 14.8 Å². The van der Waals surface area contributed by atoms with E-state index in [9.17, 15) is 4.39 Å². The van der Waals surface area contributed by atoms with Crippen molar-refractivity contribution in [3.63, 3.8) is 0 Å². The van der Waals surface area contributed by atoms with Crippen molar-refractivity contribution >= 4 is 27.7 Å². The maximum atomic E-state index is 13.2. The van der Waals surface area contributed by atoms with Crippen LogP contribution in [0.3, 0.4) is 0 Å². The first-order chi connectivity index (χ1) is 9.65. The molecule has 2 N–H and O–H groups in total. The van der Waals surface area contributed by atoms with E-state index in [4.69, 9.17) is 5.73 Å². The second-order valence-electron chi connectivity index (χ2n) is 4.29. The van der Waals surface area contributed by atoms with Crippen LogP contribution in [-0.2, 0) is 18.8 Å². The number of halogens is 2. The molecule has 4 nitrogen and oxygen atoms in total. The van der Waals surface area contributed by atoms with Crippen LogP contribution in [0.4, 0.5) is 4.39 Å². The first-order valence-corrected chi connectivity index (χ1v) is 8.12. The van der Waals surface area contributed by atoms with Gasteiger partial charge in [0.25, 0.3) is 0 Å². The number of hydrogen-bond donors (Lipinski definition) is 1. The largest absolute Gasteiger partial charge is 0.324 e. The molecule has 0 saturated heterocycles. The number of hydrogen-bond acceptors (Lipinski definition) is 4. The molecule has 0 radical (unpaired) electrons. The number of benzene rings is 1. The summed E-state index contributed by atoms with van der Waals surface area (Å²) in [4.78, 5) is 0. The predicted octanol–water partition coefficient (Wildman–Crippen LogP) is 3.34. The van der Waals surface area contributed by atoms with Gasteiger partial charge in [0, 0.05) is 12.3 Å². The van der Waals surface area contributed by atoms with Gasteiger partial charge < -0.3 is 10.3 Å². The normalized spacial score (nSPS) is 11.0. The van der Waals surface area contributed by atoms with E-state index >= 15 is 0 Å². The lowest BCUT2D eigenvalue weighted by atomic mass is 10.2. The van der Waals surface area contributed by atoms with Crippen LogP contribution < -0.4 is 5.73 Å². The Balaban J connectivity index is 2.10. The predicted molar refractivity (Wildman–Crippen MR) is 81.9 cm³/mol. The number of nitrogens with zero attached hydrogens (tertiary/aromatic N) is 3. The fraction of sp³-hybridized carbons (Fsp3) is 0.385. The van der Waals surface area contributed by atoms with E-state index in [-0.39, 0.29) is 5.82 Å². The highest BCUT2D eigenvalue weighted by atomic mass is 79.9. The summed E-state index contributed by atoms with van der Waals surface area (Å²) in [6, 6.07) is 5.02. The van der Waals surface area contributed by atoms with Gasteiger partial charge in [-0.15, -0.1) is 10.2 Å². The Morgan fingerprint density at radius 2 is 2.20 bits per heavy atom. The van der Waals surface area contributed by atoms with Crippen molar-refractivity contribution < 1.29 is 4.39 Å². The van der Waals surface area contributed by atoms with Crippen LogP contribution in [0.25, 0.3) is 0 Å². The van der Waals surface area contributed by atoms with E-state index in [1.54, 1.807) is 23.9 Å². The van der Waals surface area contributed by atoms with E-state index in [1.165, 1.54) is 6.07 Å². The molecular weight excluding hydrogens is 343 g/mol. The van der Waals surface area contributed by atoms with Gasteiger partial charge in [-0.25, -0.2) is 4.39 Å². The molecule has 108 valence electrons. The summed E-state index contributed by atoms with van der Waals surface area (Å²) in [7, 11) is 0. The maximum Gasteiger partial charge on any atom is 0.191 e. The highest BCUT2D eigenvalue weighted by molar-refractivity contribution is 9.10. The van der Waals surface area contributed by atoms with Crippen molar-refractivity contribution in [2.75, 3.05) is 0 Å². The lowest BCUT2D eigenvalue weighted by Gasteiger charge is -2.07. The van der Waals surface area contributed by atoms with E-state index in [1.807, 2.05) is 4.57 Å². The molecule has 0 aliphatic heterocycles. The van der Waals surface area contributed by atoms with Crippen molar-refractivity contribution in [3.8, 4) is 0 Å². The first-order valence-electron chi connectivity index (χ1n) is 6.34. The van der Waals surface area contributed by atoms with Crippen molar-refractivity contribution in [1.29, 1.82) is 0 Å². The molecule has 0 aliphatic rings. The topological polar surface area (TPSA) is 56.7 Å². The van der Waals surface area contributed by atoms with Crippen molar-refractivity contribution in [2.24, 2.45) is 5.73 Å². The molecule has 0 fully saturated rings. The maximum absolute atomic E-state index is 13.2. The zero-order chi connectivity index (χ0) is 14.5. The van der Waals surface area contributed by atoms with Gasteiger partial charge in [0.2, 0.25) is 0 Å². The van der Waals surface area contributed by atoms with Gasteiger partial charge in [-0.1, -0.05) is 24.8 Å². The van der Waals surface area contributed by atoms with Crippen LogP contribution in [0, 0.1) is 5.82 Å². The van der Waals surface area contributed by atoms with Gasteiger partial charge >= 0.3 is 0 Å². The lowest BCUT2D eigenvalue weighted by Crippen LogP contribution is -2.09. The molecule has 0 aliphatic carbocycles. The first kappa shape index (κ1) is 15.5. The molecule has 0 atom stereocenters. The molecule has 2 rings (SSSR count). The zero-order valence-corrected chi connectivity index (χ0v) is 13.5. The van der Waals surface area contributed by atoms with Crippen LogP contribution in [0.15, 0.2) is 27.8 Å². The molecule has 1 aromatic carbocycles. The van der Waals surface area contributed by atoms with Crippen LogP contribution >= 0.6 is 27.7 Å². The summed E-state index contributed by atoms with van der Waals surface area (Å²) in [5.74, 6) is 1.26. The molecule has 1 heterocycles. The molecule has 7 heteroatoms. The Labute approximate surface area is 130 Å². The smallest absolute Gasteiger partial charge is 0.191 e. The van der Waals surface area contributed by atoms with Crippen LogP contribution in [0.1, 0.15) is 24.7 Å². The third-order valence-corrected chi connectivity index (χ3v) is 4.42. The SMILES string of the molecule is CCCn1c(CN)nnc1SCc1ccc(F)c(Br)c1. The second kappa shape index (κ2) is 7.19. The van der Waals surface area contributed by atoms with E-state index in [0.717, 1.165) is 29.5 Å². The van der Waals surface area contributed by atoms with Crippen LogP contribution in [0.5, 0.6) is 0 Å². The lowest BCUT2D eigenvalue weighted by molar-refractivity contribution is 0.592. The highest BCUT2D eigenvalue weighted by Crippen LogP contribution is 2.25. The number of thioether (sulfide) groups is 1. The van der Waals surface area contributed by atoms with Gasteiger partial charge in [-0.3, -0.25) is 0 Å². The average molecular weight is 359 g/mol. The molecule has 2 aromatic rings. The summed E-state index contributed by atoms with van der Waals surface area (Å²) < 4.78 is 15.7. The molecule has 1 aromatic heterocycles. The fourth-order valence-corrected chi connectivity index (χ4v) is 3.15. The number of aromatic nitrogens is 3. The van der Waals surface area contributed by atoms with Gasteiger partial charge in [0.15, 0.2) is 5.16 Å². The summed E-state index contributed by atoms with van der Waals surface area (Å²) in [5.41, 5.74) is 6.69. The Hall–Kier alpha value is -0.920. The summed E-state index contributed by atoms with van der Waals surface area (Å²) in [5, 5.41) is 9.12. The molecule has 0 unspecified atom stereocenters. The van der Waals surface area contributed by atoms with E-state index in [0.29, 0.717) is 16.8 Å². The Bertz CT molecular complexity index is 588. The Morgan fingerprint density at radius 3 is 2.85 bits per heavy atom. The molecule has 0 spiro atoms. The van der Waals surface area contributed by atoms with E-state index < -0.39 is 0 Å². The average Bonchev–Trinajstić information content (AvgIpc) is 2.83. The number of rotatable bonds is 6. The van der Waals surface area contributed by atoms with Crippen LogP contribution in [0.2, 0.25) is 0 Å². The zero-order valence-electron chi connectivity index (χ0n) is 11.1. The molecular formula is C13H16BrFN4S. The monoisotopic (exact) mass is 358 g/mol. The highest BCUT2D eigenvalue weighted by Gasteiger charge is 2.11. The Morgan fingerprint density at radius 1 is 1.40 bits per heavy atom. The van der Waals surface area contributed by atoms with Gasteiger partial charge in [0.05, 0.1) is 11.0 Å². The molecule has 0 bridgehead atoms. The quantitative estimate of drug-likeness (QED) is 0.804. The summed E-state index contributed by atoms with van der Waals surface area (Å²) in [6.45, 7) is 3.34. The van der Waals surface area contributed by atoms with Gasteiger partial charge in [-0.2, -0.15) is 0 Å². The minimum atomic E-state index is -0.252. The standard InChI is InChI=1S/C13H16BrFN4S/c1-2-5-19-12(7-16)17-18-13(19)20-8-9-3-4-11(15)10(14)6-9/h3-4,6H,2,5,7-8,16H2,1H3. The molecule has 0 amide bonds. The van der Waals surface area contributed by atoms with E-state index in [2.05, 4.69) is 33.1 Å². The minimum absolute atomic E-state index is 0.252. The summed E-state index contributed by atoms with van der Waals surface area (Å²) >= 11 is 4.77. The molecule has 20 heavy (non-hydrogen) atoms. The summed E-state index contributed by atoms with van der Waals surface area (Å²) in [6.07, 6.45) is 1.00. The van der Waals surface area contributed by atoms with Gasteiger partial charge in [0.1, 0.15) is 11.6 Å². The number of nitrogens with two attached hydrogens (primary N) is 1. The Kier molecular flexibility index (Phi) is 5.56. The van der Waals surface area contributed by atoms with Crippen molar-refractivity contribution in [3.05, 3.63) is 39.9 Å². The minimum Gasteiger partial charge on any atom is -0.324 e. The molecule has 0 saturated carbocycles. The third-order valence-electron chi connectivity index (χ3n) is 2.78. The van der Waals surface area contributed by atoms with Gasteiger partial charge in [-0.05, 0) is 40.0 Å². The fourth-order valence-electron chi connectivity index (χ4n) is 1.80. The second-order valence-corrected chi connectivity index (χ2v) is 6.09. The van der Waals surface area contributed by atoms with Crippen LogP contribution in [-0.4, -0.2) is 14.8 Å².